The number of aliphatic hydroxyl groups is 1. The molecule has 1 fully saturated rings. The van der Waals surface area contributed by atoms with Gasteiger partial charge >= 0.3 is 0 Å². The fraction of sp³-hybridized carbons (Fsp3) is 0.500. The van der Waals surface area contributed by atoms with Crippen LogP contribution in [0.2, 0.25) is 0 Å². The standard InChI is InChI=1S/C10H12N2O2S/c13-9-6-7(8-2-1-4-14-8)12-3-5-15-10(12)11-9/h1-2,4,7,9,13H,3,5-6H2. The van der Waals surface area contributed by atoms with E-state index in [9.17, 15) is 5.11 Å². The molecular formula is C10H12N2O2S. The number of fused-ring (bicyclic) bond motifs is 1. The SMILES string of the molecule is OC1CC(c2ccco2)N2CCSC2=N1. The topological polar surface area (TPSA) is 49.0 Å². The van der Waals surface area contributed by atoms with E-state index >= 15 is 0 Å². The average Bonchev–Trinajstić information content (AvgIpc) is 2.86. The summed E-state index contributed by atoms with van der Waals surface area (Å²) in [6, 6.07) is 4.00. The number of rotatable bonds is 1. The highest BCUT2D eigenvalue weighted by molar-refractivity contribution is 8.14. The van der Waals surface area contributed by atoms with Gasteiger partial charge in [-0.2, -0.15) is 0 Å². The van der Waals surface area contributed by atoms with Crippen LogP contribution in [0.4, 0.5) is 0 Å². The molecule has 0 spiro atoms. The molecule has 0 bridgehead atoms. The molecule has 80 valence electrons. The molecule has 1 aromatic heterocycles. The van der Waals surface area contributed by atoms with Gasteiger partial charge in [0, 0.05) is 18.7 Å². The first-order chi connectivity index (χ1) is 7.34. The third-order valence-electron chi connectivity index (χ3n) is 2.75. The van der Waals surface area contributed by atoms with Crippen LogP contribution in [0.1, 0.15) is 18.2 Å². The Morgan fingerprint density at radius 3 is 3.33 bits per heavy atom. The van der Waals surface area contributed by atoms with Gasteiger partial charge in [0.05, 0.1) is 12.3 Å². The fourth-order valence-electron chi connectivity index (χ4n) is 2.07. The molecule has 1 aromatic rings. The molecule has 0 radical (unpaired) electrons. The number of hydrogen-bond acceptors (Lipinski definition) is 5. The predicted octanol–water partition coefficient (Wildman–Crippen LogP) is 1.45. The Bertz CT molecular complexity index is 377. The summed E-state index contributed by atoms with van der Waals surface area (Å²) in [6.45, 7) is 0.988. The first kappa shape index (κ1) is 9.30. The molecule has 1 N–H and O–H groups in total. The van der Waals surface area contributed by atoms with Gasteiger partial charge in [-0.25, -0.2) is 4.99 Å². The van der Waals surface area contributed by atoms with E-state index in [1.807, 2.05) is 12.1 Å². The summed E-state index contributed by atoms with van der Waals surface area (Å²) in [5.74, 6) is 1.96. The Balaban J connectivity index is 1.93. The second kappa shape index (κ2) is 3.57. The van der Waals surface area contributed by atoms with Crippen LogP contribution in [0, 0.1) is 0 Å². The minimum Gasteiger partial charge on any atom is -0.467 e. The highest BCUT2D eigenvalue weighted by atomic mass is 32.2. The number of furan rings is 1. The zero-order chi connectivity index (χ0) is 10.3. The first-order valence-corrected chi connectivity index (χ1v) is 6.02. The third-order valence-corrected chi connectivity index (χ3v) is 3.74. The van der Waals surface area contributed by atoms with Crippen molar-refractivity contribution in [3.63, 3.8) is 0 Å². The van der Waals surface area contributed by atoms with Gasteiger partial charge in [-0.1, -0.05) is 11.8 Å². The van der Waals surface area contributed by atoms with Crippen molar-refractivity contribution >= 4 is 16.9 Å². The molecule has 0 aliphatic carbocycles. The number of nitrogens with zero attached hydrogens (tertiary/aromatic N) is 2. The molecular weight excluding hydrogens is 212 g/mol. The van der Waals surface area contributed by atoms with E-state index < -0.39 is 6.23 Å². The van der Waals surface area contributed by atoms with Crippen molar-refractivity contribution in [3.8, 4) is 0 Å². The van der Waals surface area contributed by atoms with Crippen LogP contribution >= 0.6 is 11.8 Å². The van der Waals surface area contributed by atoms with E-state index in [1.54, 1.807) is 18.0 Å². The lowest BCUT2D eigenvalue weighted by molar-refractivity contribution is 0.114. The van der Waals surface area contributed by atoms with Gasteiger partial charge < -0.3 is 14.4 Å². The molecule has 1 saturated heterocycles. The third kappa shape index (κ3) is 1.55. The quantitative estimate of drug-likeness (QED) is 0.784. The van der Waals surface area contributed by atoms with Gasteiger partial charge in [0.25, 0.3) is 0 Å². The predicted molar refractivity (Wildman–Crippen MR) is 58.7 cm³/mol. The van der Waals surface area contributed by atoms with Crippen molar-refractivity contribution in [2.75, 3.05) is 12.3 Å². The smallest absolute Gasteiger partial charge is 0.162 e. The van der Waals surface area contributed by atoms with Crippen LogP contribution in [0.25, 0.3) is 0 Å². The highest BCUT2D eigenvalue weighted by Crippen LogP contribution is 2.36. The van der Waals surface area contributed by atoms with E-state index in [1.165, 1.54) is 0 Å². The van der Waals surface area contributed by atoms with Crippen molar-refractivity contribution in [2.24, 2.45) is 4.99 Å². The van der Waals surface area contributed by atoms with E-state index in [2.05, 4.69) is 9.89 Å². The maximum Gasteiger partial charge on any atom is 0.162 e. The van der Waals surface area contributed by atoms with Crippen LogP contribution < -0.4 is 0 Å². The van der Waals surface area contributed by atoms with Gasteiger partial charge in [-0.15, -0.1) is 0 Å². The maximum atomic E-state index is 9.66. The van der Waals surface area contributed by atoms with Gasteiger partial charge in [-0.05, 0) is 12.1 Å². The van der Waals surface area contributed by atoms with Crippen molar-refractivity contribution < 1.29 is 9.52 Å². The molecule has 0 aromatic carbocycles. The molecule has 0 saturated carbocycles. The molecule has 2 atom stereocenters. The molecule has 4 nitrogen and oxygen atoms in total. The summed E-state index contributed by atoms with van der Waals surface area (Å²) < 4.78 is 5.41. The van der Waals surface area contributed by atoms with Crippen LogP contribution in [-0.4, -0.2) is 33.7 Å². The number of hydrogen-bond donors (Lipinski definition) is 1. The molecule has 3 heterocycles. The maximum absolute atomic E-state index is 9.66. The van der Waals surface area contributed by atoms with Gasteiger partial charge in [-0.3, -0.25) is 0 Å². The van der Waals surface area contributed by atoms with E-state index in [0.717, 1.165) is 23.2 Å². The summed E-state index contributed by atoms with van der Waals surface area (Å²) in [7, 11) is 0. The van der Waals surface area contributed by atoms with Crippen molar-refractivity contribution in [1.29, 1.82) is 0 Å². The molecule has 0 amide bonds. The lowest BCUT2D eigenvalue weighted by Crippen LogP contribution is -2.36. The summed E-state index contributed by atoms with van der Waals surface area (Å²) in [6.07, 6.45) is 1.71. The van der Waals surface area contributed by atoms with Crippen molar-refractivity contribution in [1.82, 2.24) is 4.90 Å². The lowest BCUT2D eigenvalue weighted by Gasteiger charge is -2.32. The summed E-state index contributed by atoms with van der Waals surface area (Å²) in [5, 5.41) is 10.6. The summed E-state index contributed by atoms with van der Waals surface area (Å²) in [4.78, 5) is 6.44. The Kier molecular flexibility index (Phi) is 2.21. The minimum atomic E-state index is -0.586. The van der Waals surface area contributed by atoms with Crippen LogP contribution in [0.3, 0.4) is 0 Å². The van der Waals surface area contributed by atoms with E-state index in [4.69, 9.17) is 4.42 Å². The second-order valence-corrected chi connectivity index (χ2v) is 4.76. The number of amidine groups is 1. The Morgan fingerprint density at radius 2 is 2.53 bits per heavy atom. The lowest BCUT2D eigenvalue weighted by atomic mass is 10.1. The van der Waals surface area contributed by atoms with Gasteiger partial charge in [0.15, 0.2) is 5.17 Å². The number of aliphatic hydroxyl groups excluding tert-OH is 1. The number of aliphatic imine (C=N–C) groups is 1. The Hall–Kier alpha value is -0.940. The van der Waals surface area contributed by atoms with Crippen LogP contribution in [-0.2, 0) is 0 Å². The first-order valence-electron chi connectivity index (χ1n) is 5.03. The molecule has 2 unspecified atom stereocenters. The van der Waals surface area contributed by atoms with Crippen LogP contribution in [0.5, 0.6) is 0 Å². The molecule has 2 aliphatic heterocycles. The molecule has 3 rings (SSSR count). The summed E-state index contributed by atoms with van der Waals surface area (Å²) in [5.41, 5.74) is 0. The van der Waals surface area contributed by atoms with Gasteiger partial charge in [0.1, 0.15) is 12.0 Å². The minimum absolute atomic E-state index is 0.150. The molecule has 2 aliphatic rings. The molecule has 5 heteroatoms. The zero-order valence-corrected chi connectivity index (χ0v) is 8.98. The molecule has 15 heavy (non-hydrogen) atoms. The second-order valence-electron chi connectivity index (χ2n) is 3.70. The Morgan fingerprint density at radius 1 is 1.60 bits per heavy atom. The van der Waals surface area contributed by atoms with Crippen molar-refractivity contribution in [2.45, 2.75) is 18.7 Å². The highest BCUT2D eigenvalue weighted by Gasteiger charge is 2.35. The average molecular weight is 224 g/mol. The fourth-order valence-corrected chi connectivity index (χ4v) is 3.12. The van der Waals surface area contributed by atoms with Crippen molar-refractivity contribution in [3.05, 3.63) is 24.2 Å². The Labute approximate surface area is 92.0 Å². The number of thioether (sulfide) groups is 1. The van der Waals surface area contributed by atoms with E-state index in [-0.39, 0.29) is 6.04 Å². The van der Waals surface area contributed by atoms with Crippen LogP contribution in [0.15, 0.2) is 27.8 Å². The largest absolute Gasteiger partial charge is 0.467 e. The summed E-state index contributed by atoms with van der Waals surface area (Å²) >= 11 is 1.71. The van der Waals surface area contributed by atoms with Gasteiger partial charge in [0.2, 0.25) is 0 Å². The zero-order valence-electron chi connectivity index (χ0n) is 8.17. The monoisotopic (exact) mass is 224 g/mol. The van der Waals surface area contributed by atoms with E-state index in [0.29, 0.717) is 6.42 Å². The normalized spacial score (nSPS) is 30.2.